The zero-order valence-corrected chi connectivity index (χ0v) is 7.72. The van der Waals surface area contributed by atoms with Crippen molar-refractivity contribution in [1.82, 2.24) is 9.55 Å². The van der Waals surface area contributed by atoms with Crippen LogP contribution >= 0.6 is 0 Å². The number of imidazole rings is 1. The standard InChI is InChI=1S/C9H12N2O3/c12-9(13)8-10-4-5-11(8)7-3-1-2-6-14-7/h4-5,7H,1-3,6H2,(H,12,13). The molecule has 5 heteroatoms. The van der Waals surface area contributed by atoms with Crippen LogP contribution in [0.4, 0.5) is 0 Å². The maximum Gasteiger partial charge on any atom is 0.372 e. The Morgan fingerprint density at radius 1 is 1.64 bits per heavy atom. The molecule has 0 aromatic carbocycles. The van der Waals surface area contributed by atoms with E-state index in [0.29, 0.717) is 6.61 Å². The van der Waals surface area contributed by atoms with Crippen LogP contribution in [0.1, 0.15) is 36.1 Å². The molecular weight excluding hydrogens is 184 g/mol. The molecule has 1 aliphatic heterocycles. The highest BCUT2D eigenvalue weighted by Crippen LogP contribution is 2.23. The van der Waals surface area contributed by atoms with E-state index in [9.17, 15) is 4.79 Å². The first kappa shape index (κ1) is 9.21. The van der Waals surface area contributed by atoms with Gasteiger partial charge >= 0.3 is 5.97 Å². The zero-order chi connectivity index (χ0) is 9.97. The van der Waals surface area contributed by atoms with Crippen molar-refractivity contribution in [2.45, 2.75) is 25.5 Å². The predicted octanol–water partition coefficient (Wildman–Crippen LogP) is 1.28. The van der Waals surface area contributed by atoms with Crippen LogP contribution in [0.5, 0.6) is 0 Å². The highest BCUT2D eigenvalue weighted by Gasteiger charge is 2.21. The Kier molecular flexibility index (Phi) is 2.49. The smallest absolute Gasteiger partial charge is 0.372 e. The second-order valence-corrected chi connectivity index (χ2v) is 3.28. The molecule has 1 saturated heterocycles. The van der Waals surface area contributed by atoms with Gasteiger partial charge in [-0.1, -0.05) is 0 Å². The van der Waals surface area contributed by atoms with Crippen LogP contribution in [-0.2, 0) is 4.74 Å². The van der Waals surface area contributed by atoms with Gasteiger partial charge in [-0.05, 0) is 19.3 Å². The van der Waals surface area contributed by atoms with Crippen molar-refractivity contribution in [3.05, 3.63) is 18.2 Å². The van der Waals surface area contributed by atoms with Crippen LogP contribution in [-0.4, -0.2) is 27.2 Å². The average Bonchev–Trinajstić information content (AvgIpc) is 2.67. The normalized spacial score (nSPS) is 22.1. The Morgan fingerprint density at radius 2 is 2.50 bits per heavy atom. The van der Waals surface area contributed by atoms with Crippen molar-refractivity contribution in [3.63, 3.8) is 0 Å². The van der Waals surface area contributed by atoms with Gasteiger partial charge in [-0.15, -0.1) is 0 Å². The molecule has 14 heavy (non-hydrogen) atoms. The third-order valence-electron chi connectivity index (χ3n) is 2.33. The highest BCUT2D eigenvalue weighted by molar-refractivity contribution is 5.83. The monoisotopic (exact) mass is 196 g/mol. The number of carboxylic acids is 1. The van der Waals surface area contributed by atoms with Crippen molar-refractivity contribution in [3.8, 4) is 0 Å². The van der Waals surface area contributed by atoms with Crippen LogP contribution in [0.15, 0.2) is 12.4 Å². The van der Waals surface area contributed by atoms with E-state index in [0.717, 1.165) is 19.3 Å². The lowest BCUT2D eigenvalue weighted by atomic mass is 10.2. The van der Waals surface area contributed by atoms with Gasteiger partial charge in [0.25, 0.3) is 0 Å². The van der Waals surface area contributed by atoms with Crippen LogP contribution in [0.3, 0.4) is 0 Å². The summed E-state index contributed by atoms with van der Waals surface area (Å²) < 4.78 is 7.06. The molecule has 0 radical (unpaired) electrons. The molecule has 0 spiro atoms. The fourth-order valence-electron chi connectivity index (χ4n) is 1.65. The molecule has 0 saturated carbocycles. The fourth-order valence-corrected chi connectivity index (χ4v) is 1.65. The van der Waals surface area contributed by atoms with Crippen molar-refractivity contribution >= 4 is 5.97 Å². The van der Waals surface area contributed by atoms with E-state index in [1.807, 2.05) is 0 Å². The number of aromatic carboxylic acids is 1. The minimum absolute atomic E-state index is 0.0527. The Hall–Kier alpha value is -1.36. The number of nitrogens with zero attached hydrogens (tertiary/aromatic N) is 2. The number of hydrogen-bond donors (Lipinski definition) is 1. The summed E-state index contributed by atoms with van der Waals surface area (Å²) in [5, 5.41) is 8.85. The summed E-state index contributed by atoms with van der Waals surface area (Å²) in [5.74, 6) is -0.957. The van der Waals surface area contributed by atoms with Gasteiger partial charge in [0.1, 0.15) is 6.23 Å². The molecule has 1 aromatic heterocycles. The predicted molar refractivity (Wildman–Crippen MR) is 48.0 cm³/mol. The largest absolute Gasteiger partial charge is 0.475 e. The van der Waals surface area contributed by atoms with Gasteiger partial charge in [-0.3, -0.25) is 4.57 Å². The fraction of sp³-hybridized carbons (Fsp3) is 0.556. The molecule has 1 N–H and O–H groups in total. The lowest BCUT2D eigenvalue weighted by Crippen LogP contribution is -2.21. The second-order valence-electron chi connectivity index (χ2n) is 3.28. The van der Waals surface area contributed by atoms with E-state index >= 15 is 0 Å². The van der Waals surface area contributed by atoms with E-state index < -0.39 is 5.97 Å². The Labute approximate surface area is 81.3 Å². The molecule has 5 nitrogen and oxygen atoms in total. The van der Waals surface area contributed by atoms with E-state index in [1.165, 1.54) is 6.20 Å². The van der Waals surface area contributed by atoms with Crippen molar-refractivity contribution in [2.24, 2.45) is 0 Å². The summed E-state index contributed by atoms with van der Waals surface area (Å²) in [7, 11) is 0. The van der Waals surface area contributed by atoms with Crippen LogP contribution in [0.25, 0.3) is 0 Å². The number of aromatic nitrogens is 2. The van der Waals surface area contributed by atoms with Crippen molar-refractivity contribution < 1.29 is 14.6 Å². The highest BCUT2D eigenvalue weighted by atomic mass is 16.5. The van der Waals surface area contributed by atoms with Gasteiger partial charge in [0.05, 0.1) is 0 Å². The molecular formula is C9H12N2O3. The molecule has 0 bridgehead atoms. The molecule has 0 amide bonds. The molecule has 1 aliphatic rings. The van der Waals surface area contributed by atoms with E-state index in [4.69, 9.17) is 9.84 Å². The number of rotatable bonds is 2. The van der Waals surface area contributed by atoms with Crippen LogP contribution in [0.2, 0.25) is 0 Å². The number of carbonyl (C=O) groups is 1. The van der Waals surface area contributed by atoms with Gasteiger partial charge in [0.2, 0.25) is 5.82 Å². The summed E-state index contributed by atoms with van der Waals surface area (Å²) in [6.45, 7) is 0.696. The lowest BCUT2D eigenvalue weighted by molar-refractivity contribution is -0.0338. The van der Waals surface area contributed by atoms with Crippen LogP contribution < -0.4 is 0 Å². The zero-order valence-electron chi connectivity index (χ0n) is 7.72. The third kappa shape index (κ3) is 1.63. The Balaban J connectivity index is 2.21. The summed E-state index contributed by atoms with van der Waals surface area (Å²) in [4.78, 5) is 14.6. The molecule has 2 heterocycles. The molecule has 76 valence electrons. The first-order valence-corrected chi connectivity index (χ1v) is 4.67. The van der Waals surface area contributed by atoms with Gasteiger partial charge in [0, 0.05) is 19.0 Å². The number of ether oxygens (including phenoxy) is 1. The molecule has 1 unspecified atom stereocenters. The van der Waals surface area contributed by atoms with Gasteiger partial charge < -0.3 is 9.84 Å². The average molecular weight is 196 g/mol. The van der Waals surface area contributed by atoms with Gasteiger partial charge in [-0.2, -0.15) is 0 Å². The van der Waals surface area contributed by atoms with E-state index in [-0.39, 0.29) is 12.1 Å². The first-order chi connectivity index (χ1) is 6.79. The maximum absolute atomic E-state index is 10.8. The van der Waals surface area contributed by atoms with E-state index in [2.05, 4.69) is 4.98 Å². The molecule has 1 aromatic rings. The van der Waals surface area contributed by atoms with Gasteiger partial charge in [-0.25, -0.2) is 9.78 Å². The van der Waals surface area contributed by atoms with Crippen LogP contribution in [0, 0.1) is 0 Å². The first-order valence-electron chi connectivity index (χ1n) is 4.67. The van der Waals surface area contributed by atoms with Crippen molar-refractivity contribution in [1.29, 1.82) is 0 Å². The summed E-state index contributed by atoms with van der Waals surface area (Å²) in [6.07, 6.45) is 5.96. The lowest BCUT2D eigenvalue weighted by Gasteiger charge is -2.24. The molecule has 1 atom stereocenters. The Morgan fingerprint density at radius 3 is 3.14 bits per heavy atom. The molecule has 0 aliphatic carbocycles. The summed E-state index contributed by atoms with van der Waals surface area (Å²) >= 11 is 0. The molecule has 2 rings (SSSR count). The second kappa shape index (κ2) is 3.79. The van der Waals surface area contributed by atoms with Crippen molar-refractivity contribution in [2.75, 3.05) is 6.61 Å². The Bertz CT molecular complexity index is 329. The maximum atomic E-state index is 10.8. The quantitative estimate of drug-likeness (QED) is 0.773. The number of hydrogen-bond acceptors (Lipinski definition) is 3. The third-order valence-corrected chi connectivity index (χ3v) is 2.33. The minimum Gasteiger partial charge on any atom is -0.475 e. The number of carboxylic acid groups (broad SMARTS) is 1. The topological polar surface area (TPSA) is 64.3 Å². The van der Waals surface area contributed by atoms with Gasteiger partial charge in [0.15, 0.2) is 0 Å². The minimum atomic E-state index is -1.01. The summed E-state index contributed by atoms with van der Waals surface area (Å²) in [6, 6.07) is 0. The molecule has 1 fully saturated rings. The van der Waals surface area contributed by atoms with E-state index in [1.54, 1.807) is 10.8 Å². The SMILES string of the molecule is O=C(O)c1nccn1C1CCCCO1. The summed E-state index contributed by atoms with van der Waals surface area (Å²) in [5.41, 5.74) is 0.